The lowest BCUT2D eigenvalue weighted by molar-refractivity contribution is -0.384. The molecule has 0 aliphatic heterocycles. The van der Waals surface area contributed by atoms with Crippen LogP contribution in [0.3, 0.4) is 0 Å². The fourth-order valence-corrected chi connectivity index (χ4v) is 2.46. The molecule has 3 nitrogen and oxygen atoms in total. The van der Waals surface area contributed by atoms with Crippen LogP contribution in [-0.4, -0.2) is 4.92 Å². The van der Waals surface area contributed by atoms with E-state index in [1.54, 1.807) is 0 Å². The maximum absolute atomic E-state index is 12.7. The molecule has 0 fully saturated rings. The first-order valence-corrected chi connectivity index (χ1v) is 6.75. The van der Waals surface area contributed by atoms with Gasteiger partial charge in [-0.15, -0.1) is 0 Å². The molecule has 22 heavy (non-hydrogen) atoms. The molecule has 0 spiro atoms. The average Bonchev–Trinajstić information content (AvgIpc) is 2.41. The largest absolute Gasteiger partial charge is 0.416 e. The van der Waals surface area contributed by atoms with Gasteiger partial charge >= 0.3 is 6.18 Å². The smallest absolute Gasteiger partial charge is 0.258 e. The van der Waals surface area contributed by atoms with E-state index in [1.165, 1.54) is 12.1 Å². The van der Waals surface area contributed by atoms with Gasteiger partial charge in [-0.25, -0.2) is 0 Å². The third-order valence-corrected chi connectivity index (χ3v) is 3.86. The van der Waals surface area contributed by atoms with Crippen molar-refractivity contribution in [2.75, 3.05) is 0 Å². The van der Waals surface area contributed by atoms with Crippen LogP contribution in [0.15, 0.2) is 30.3 Å². The molecule has 0 unspecified atom stereocenters. The number of nitro groups is 1. The summed E-state index contributed by atoms with van der Waals surface area (Å²) in [6.45, 7) is 0. The van der Waals surface area contributed by atoms with Crippen molar-refractivity contribution < 1.29 is 18.1 Å². The quantitative estimate of drug-likeness (QED) is 0.357. The van der Waals surface area contributed by atoms with Gasteiger partial charge in [-0.3, -0.25) is 10.1 Å². The Kier molecular flexibility index (Phi) is 4.56. The molecule has 0 amide bonds. The predicted molar refractivity (Wildman–Crippen MR) is 78.6 cm³/mol. The minimum Gasteiger partial charge on any atom is -0.258 e. The molecule has 0 bridgehead atoms. The molecule has 0 heterocycles. The molecule has 2 aromatic carbocycles. The van der Waals surface area contributed by atoms with E-state index < -0.39 is 22.4 Å². The van der Waals surface area contributed by atoms with Crippen LogP contribution in [0.5, 0.6) is 0 Å². The van der Waals surface area contributed by atoms with Crippen molar-refractivity contribution in [3.8, 4) is 11.1 Å². The molecule has 0 saturated heterocycles. The Bertz CT molecular complexity index is 763. The lowest BCUT2D eigenvalue weighted by Crippen LogP contribution is -2.06. The van der Waals surface area contributed by atoms with E-state index in [0.29, 0.717) is 6.07 Å². The van der Waals surface area contributed by atoms with E-state index >= 15 is 0 Å². The molecule has 2 rings (SSSR count). The molecule has 0 aliphatic rings. The lowest BCUT2D eigenvalue weighted by atomic mass is 10.0. The summed E-state index contributed by atoms with van der Waals surface area (Å²) in [5, 5.41) is 11.3. The zero-order valence-electron chi connectivity index (χ0n) is 10.4. The highest BCUT2D eigenvalue weighted by molar-refractivity contribution is 6.44. The van der Waals surface area contributed by atoms with Crippen LogP contribution in [0.25, 0.3) is 11.1 Å². The molecule has 9 heteroatoms. The Morgan fingerprint density at radius 2 is 1.50 bits per heavy atom. The Hall–Kier alpha value is -1.50. The second kappa shape index (κ2) is 5.95. The molecule has 0 atom stereocenters. The first-order chi connectivity index (χ1) is 10.1. The zero-order chi connectivity index (χ0) is 16.7. The maximum atomic E-state index is 12.7. The molecule has 0 N–H and O–H groups in total. The van der Waals surface area contributed by atoms with Gasteiger partial charge in [-0.1, -0.05) is 34.8 Å². The van der Waals surface area contributed by atoms with Gasteiger partial charge in [0.1, 0.15) is 0 Å². The van der Waals surface area contributed by atoms with Gasteiger partial charge in [-0.05, 0) is 24.3 Å². The monoisotopic (exact) mass is 369 g/mol. The lowest BCUT2D eigenvalue weighted by Gasteiger charge is -2.11. The molecule has 0 aliphatic carbocycles. The number of nitrogens with zero attached hydrogens (tertiary/aromatic N) is 1. The van der Waals surface area contributed by atoms with Crippen LogP contribution < -0.4 is 0 Å². The van der Waals surface area contributed by atoms with Gasteiger partial charge in [-0.2, -0.15) is 13.2 Å². The van der Waals surface area contributed by atoms with Crippen molar-refractivity contribution in [1.29, 1.82) is 0 Å². The highest BCUT2D eigenvalue weighted by Crippen LogP contribution is 2.41. The number of alkyl halides is 3. The van der Waals surface area contributed by atoms with Crippen molar-refractivity contribution in [2.45, 2.75) is 6.18 Å². The van der Waals surface area contributed by atoms with Gasteiger partial charge in [0.25, 0.3) is 5.69 Å². The van der Waals surface area contributed by atoms with Crippen molar-refractivity contribution in [3.63, 3.8) is 0 Å². The van der Waals surface area contributed by atoms with Crippen LogP contribution in [0.4, 0.5) is 18.9 Å². The summed E-state index contributed by atoms with van der Waals surface area (Å²) in [4.78, 5) is 10.2. The van der Waals surface area contributed by atoms with Crippen molar-refractivity contribution in [2.24, 2.45) is 0 Å². The zero-order valence-corrected chi connectivity index (χ0v) is 12.7. The molecular formula is C13H5Cl3F3NO2. The van der Waals surface area contributed by atoms with Crippen molar-refractivity contribution in [1.82, 2.24) is 0 Å². The topological polar surface area (TPSA) is 43.1 Å². The minimum atomic E-state index is -4.69. The van der Waals surface area contributed by atoms with Gasteiger partial charge < -0.3 is 0 Å². The van der Waals surface area contributed by atoms with Gasteiger partial charge in [0.05, 0.1) is 31.1 Å². The van der Waals surface area contributed by atoms with E-state index in [2.05, 4.69) is 0 Å². The summed E-state index contributed by atoms with van der Waals surface area (Å²) in [6, 6.07) is 4.70. The van der Waals surface area contributed by atoms with Gasteiger partial charge in [0, 0.05) is 11.6 Å². The number of benzene rings is 2. The van der Waals surface area contributed by atoms with Crippen LogP contribution in [-0.2, 0) is 6.18 Å². The third kappa shape index (κ3) is 3.29. The summed E-state index contributed by atoms with van der Waals surface area (Å²) in [5.74, 6) is 0. The Morgan fingerprint density at radius 1 is 0.909 bits per heavy atom. The number of nitro benzene ring substituents is 1. The molecule has 0 radical (unpaired) electrons. The summed E-state index contributed by atoms with van der Waals surface area (Å²) in [6.07, 6.45) is -4.69. The van der Waals surface area contributed by atoms with E-state index in [1.807, 2.05) is 0 Å². The fraction of sp³-hybridized carbons (Fsp3) is 0.0769. The van der Waals surface area contributed by atoms with E-state index in [4.69, 9.17) is 34.8 Å². The second-order valence-corrected chi connectivity index (χ2v) is 5.45. The van der Waals surface area contributed by atoms with Crippen molar-refractivity contribution >= 4 is 40.5 Å². The SMILES string of the molecule is O=[N+]([O-])c1cc(C(F)(F)F)ccc1-c1cc(Cl)c(Cl)cc1Cl. The molecular weight excluding hydrogens is 366 g/mol. The van der Waals surface area contributed by atoms with Crippen LogP contribution in [0.2, 0.25) is 15.1 Å². The van der Waals surface area contributed by atoms with Gasteiger partial charge in [0.2, 0.25) is 0 Å². The number of halogens is 6. The highest BCUT2D eigenvalue weighted by atomic mass is 35.5. The molecule has 116 valence electrons. The molecule has 0 aromatic heterocycles. The normalized spacial score (nSPS) is 11.5. The summed E-state index contributed by atoms with van der Waals surface area (Å²) >= 11 is 17.5. The average molecular weight is 371 g/mol. The number of hydrogen-bond donors (Lipinski definition) is 0. The standard InChI is InChI=1S/C13H5Cl3F3NO2/c14-9-5-11(16)10(15)4-8(9)7-2-1-6(13(17,18)19)3-12(7)20(21)22/h1-5H. The third-order valence-electron chi connectivity index (χ3n) is 2.82. The first kappa shape index (κ1) is 16.9. The fourth-order valence-electron chi connectivity index (χ4n) is 1.82. The second-order valence-electron chi connectivity index (χ2n) is 4.23. The highest BCUT2D eigenvalue weighted by Gasteiger charge is 2.33. The van der Waals surface area contributed by atoms with E-state index in [0.717, 1.165) is 12.1 Å². The number of rotatable bonds is 2. The van der Waals surface area contributed by atoms with Crippen LogP contribution in [0, 0.1) is 10.1 Å². The Labute approximate surface area is 137 Å². The molecule has 0 saturated carbocycles. The number of hydrogen-bond acceptors (Lipinski definition) is 2. The summed E-state index contributed by atoms with van der Waals surface area (Å²) in [7, 11) is 0. The summed E-state index contributed by atoms with van der Waals surface area (Å²) in [5.41, 5.74) is -1.81. The van der Waals surface area contributed by atoms with Crippen LogP contribution >= 0.6 is 34.8 Å². The van der Waals surface area contributed by atoms with E-state index in [9.17, 15) is 23.3 Å². The molecule has 2 aromatic rings. The van der Waals surface area contributed by atoms with Crippen molar-refractivity contribution in [3.05, 3.63) is 61.1 Å². The Balaban J connectivity index is 2.71. The predicted octanol–water partition coefficient (Wildman–Crippen LogP) is 6.24. The van der Waals surface area contributed by atoms with E-state index in [-0.39, 0.29) is 26.2 Å². The maximum Gasteiger partial charge on any atom is 0.416 e. The summed E-state index contributed by atoms with van der Waals surface area (Å²) < 4.78 is 38.0. The van der Waals surface area contributed by atoms with Gasteiger partial charge in [0.15, 0.2) is 0 Å². The first-order valence-electron chi connectivity index (χ1n) is 5.62. The minimum absolute atomic E-state index is 0.0391. The van der Waals surface area contributed by atoms with Crippen LogP contribution in [0.1, 0.15) is 5.56 Å². The Morgan fingerprint density at radius 3 is 2.05 bits per heavy atom.